The van der Waals surface area contributed by atoms with Crippen molar-refractivity contribution < 1.29 is 13.2 Å². The minimum absolute atomic E-state index is 0.0693. The number of carbonyl (C=O) groups excluding carboxylic acids is 1. The predicted molar refractivity (Wildman–Crippen MR) is 142 cm³/mol. The van der Waals surface area contributed by atoms with Gasteiger partial charge >= 0.3 is 0 Å². The lowest BCUT2D eigenvalue weighted by Crippen LogP contribution is -2.43. The van der Waals surface area contributed by atoms with Gasteiger partial charge in [-0.15, -0.1) is 4.40 Å². The molecule has 0 spiro atoms. The fourth-order valence-electron chi connectivity index (χ4n) is 4.85. The normalized spacial score (nSPS) is 19.1. The minimum Gasteiger partial charge on any atom is -0.356 e. The van der Waals surface area contributed by atoms with Crippen LogP contribution in [0.2, 0.25) is 0 Å². The molecular formula is C28H35N3O3S. The van der Waals surface area contributed by atoms with E-state index in [1.807, 2.05) is 54.3 Å². The number of amides is 1. The zero-order valence-corrected chi connectivity index (χ0v) is 21.8. The fourth-order valence-corrected chi connectivity index (χ4v) is 6.34. The van der Waals surface area contributed by atoms with Crippen LogP contribution in [0.4, 0.5) is 0 Å². The Morgan fingerprint density at radius 3 is 2.23 bits per heavy atom. The van der Waals surface area contributed by atoms with E-state index < -0.39 is 10.0 Å². The van der Waals surface area contributed by atoms with Gasteiger partial charge in [0, 0.05) is 31.1 Å². The molecule has 0 aromatic heterocycles. The highest BCUT2D eigenvalue weighted by molar-refractivity contribution is 8.00. The molecule has 2 aliphatic heterocycles. The van der Waals surface area contributed by atoms with Gasteiger partial charge in [0.25, 0.3) is 10.0 Å². The summed E-state index contributed by atoms with van der Waals surface area (Å²) in [4.78, 5) is 15.1. The molecule has 0 bridgehead atoms. The Morgan fingerprint density at radius 1 is 1.00 bits per heavy atom. The molecule has 1 N–H and O–H groups in total. The lowest BCUT2D eigenvalue weighted by molar-refractivity contribution is -0.126. The quantitative estimate of drug-likeness (QED) is 0.620. The van der Waals surface area contributed by atoms with E-state index in [2.05, 4.69) is 42.6 Å². The van der Waals surface area contributed by atoms with Crippen molar-refractivity contribution in [2.45, 2.75) is 52.4 Å². The molecule has 0 radical (unpaired) electrons. The summed E-state index contributed by atoms with van der Waals surface area (Å²) >= 11 is 0. The third kappa shape index (κ3) is 5.50. The third-order valence-corrected chi connectivity index (χ3v) is 8.57. The molecule has 6 nitrogen and oxygen atoms in total. The zero-order valence-electron chi connectivity index (χ0n) is 21.0. The fraction of sp³-hybridized carbons (Fsp3) is 0.429. The first-order chi connectivity index (χ1) is 16.7. The van der Waals surface area contributed by atoms with Crippen LogP contribution in [0.1, 0.15) is 69.1 Å². The van der Waals surface area contributed by atoms with Crippen LogP contribution < -0.4 is 5.32 Å². The van der Waals surface area contributed by atoms with Crippen molar-refractivity contribution in [1.29, 1.82) is 0 Å². The monoisotopic (exact) mass is 493 g/mol. The van der Waals surface area contributed by atoms with Gasteiger partial charge < -0.3 is 10.2 Å². The van der Waals surface area contributed by atoms with Crippen molar-refractivity contribution >= 4 is 26.7 Å². The summed E-state index contributed by atoms with van der Waals surface area (Å²) in [5.41, 5.74) is 3.73. The number of benzene rings is 2. The number of rotatable bonds is 6. The smallest absolute Gasteiger partial charge is 0.285 e. The number of carbonyl (C=O) groups is 1. The maximum atomic E-state index is 12.9. The second-order valence-electron chi connectivity index (χ2n) is 9.94. The van der Waals surface area contributed by atoms with E-state index in [-0.39, 0.29) is 22.6 Å². The molecule has 2 aromatic rings. The summed E-state index contributed by atoms with van der Waals surface area (Å²) in [5.74, 6) is 1.15. The zero-order chi connectivity index (χ0) is 25.2. The summed E-state index contributed by atoms with van der Waals surface area (Å²) in [7, 11) is -3.75. The highest BCUT2D eigenvalue weighted by Crippen LogP contribution is 2.35. The van der Waals surface area contributed by atoms with Gasteiger partial charge in [-0.05, 0) is 48.3 Å². The highest BCUT2D eigenvalue weighted by atomic mass is 32.2. The lowest BCUT2D eigenvalue weighted by Gasteiger charge is -2.33. The molecule has 2 heterocycles. The second-order valence-corrected chi connectivity index (χ2v) is 11.5. The first-order valence-corrected chi connectivity index (χ1v) is 13.9. The SMILES string of the molecule is CC1=C(c2ccc(C(C)C)cc2)S(=O)(=O)N=C1N1CCC(C(=O)NC[C@@H](C)c2ccccc2)CC1. The molecule has 7 heteroatoms. The highest BCUT2D eigenvalue weighted by Gasteiger charge is 2.35. The average molecular weight is 494 g/mol. The number of piperidine rings is 1. The van der Waals surface area contributed by atoms with Crippen LogP contribution in [0.15, 0.2) is 64.6 Å². The molecule has 35 heavy (non-hydrogen) atoms. The van der Waals surface area contributed by atoms with Crippen LogP contribution in [0, 0.1) is 5.92 Å². The van der Waals surface area contributed by atoms with Crippen molar-refractivity contribution in [3.8, 4) is 0 Å². The summed E-state index contributed by atoms with van der Waals surface area (Å²) in [6.45, 7) is 9.99. The number of amidine groups is 1. The van der Waals surface area contributed by atoms with Crippen LogP contribution >= 0.6 is 0 Å². The number of nitrogens with one attached hydrogen (secondary N) is 1. The molecule has 2 aromatic carbocycles. The van der Waals surface area contributed by atoms with Crippen LogP contribution in [0.5, 0.6) is 0 Å². The van der Waals surface area contributed by atoms with E-state index in [9.17, 15) is 13.2 Å². The Hall–Kier alpha value is -2.93. The molecule has 1 atom stereocenters. The van der Waals surface area contributed by atoms with Crippen LogP contribution in [-0.2, 0) is 14.8 Å². The van der Waals surface area contributed by atoms with Crippen molar-refractivity contribution in [2.24, 2.45) is 10.3 Å². The van der Waals surface area contributed by atoms with E-state index in [4.69, 9.17) is 0 Å². The standard InChI is InChI=1S/C28H35N3O3S/c1-19(2)22-10-12-24(13-11-22)26-21(4)27(30-35(26,33)34)31-16-14-25(15-17-31)28(32)29-18-20(3)23-8-6-5-7-9-23/h5-13,19-20,25H,14-18H2,1-4H3,(H,29,32)/t20-/m1/s1. The maximum Gasteiger partial charge on any atom is 0.285 e. The first-order valence-electron chi connectivity index (χ1n) is 12.4. The third-order valence-electron chi connectivity index (χ3n) is 7.10. The number of likely N-dealkylation sites (tertiary alicyclic amines) is 1. The Labute approximate surface area is 209 Å². The number of hydrogen-bond donors (Lipinski definition) is 1. The molecular weight excluding hydrogens is 458 g/mol. The van der Waals surface area contributed by atoms with Crippen molar-refractivity contribution in [3.63, 3.8) is 0 Å². The average Bonchev–Trinajstić information content (AvgIpc) is 3.11. The summed E-state index contributed by atoms with van der Waals surface area (Å²) in [6.07, 6.45) is 1.35. The Bertz CT molecular complexity index is 1220. The maximum absolute atomic E-state index is 12.9. The van der Waals surface area contributed by atoms with E-state index in [0.29, 0.717) is 55.4 Å². The lowest BCUT2D eigenvalue weighted by atomic mass is 9.94. The van der Waals surface area contributed by atoms with Crippen molar-refractivity contribution in [3.05, 3.63) is 76.9 Å². The molecule has 1 saturated heterocycles. The van der Waals surface area contributed by atoms with Gasteiger partial charge in [-0.3, -0.25) is 4.79 Å². The molecule has 2 aliphatic rings. The van der Waals surface area contributed by atoms with Crippen LogP contribution in [-0.4, -0.2) is 44.7 Å². The van der Waals surface area contributed by atoms with Crippen molar-refractivity contribution in [1.82, 2.24) is 10.2 Å². The van der Waals surface area contributed by atoms with Gasteiger partial charge in [-0.2, -0.15) is 8.42 Å². The largest absolute Gasteiger partial charge is 0.356 e. The first kappa shape index (κ1) is 25.2. The second kappa shape index (κ2) is 10.4. The Balaban J connectivity index is 1.38. The molecule has 1 amide bonds. The van der Waals surface area contributed by atoms with E-state index in [1.165, 1.54) is 11.1 Å². The summed E-state index contributed by atoms with van der Waals surface area (Å²) < 4.78 is 30.0. The van der Waals surface area contributed by atoms with Crippen LogP contribution in [0.3, 0.4) is 0 Å². The van der Waals surface area contributed by atoms with Gasteiger partial charge in [0.05, 0.1) is 0 Å². The molecule has 186 valence electrons. The number of hydrogen-bond acceptors (Lipinski definition) is 4. The van der Waals surface area contributed by atoms with Gasteiger partial charge in [0.1, 0.15) is 10.7 Å². The van der Waals surface area contributed by atoms with E-state index in [0.717, 1.165) is 0 Å². The number of sulfonamides is 1. The molecule has 0 unspecified atom stereocenters. The van der Waals surface area contributed by atoms with E-state index >= 15 is 0 Å². The van der Waals surface area contributed by atoms with Crippen molar-refractivity contribution in [2.75, 3.05) is 19.6 Å². The molecule has 1 fully saturated rings. The molecule has 4 rings (SSSR count). The Kier molecular flexibility index (Phi) is 7.45. The number of nitrogens with zero attached hydrogens (tertiary/aromatic N) is 2. The van der Waals surface area contributed by atoms with E-state index in [1.54, 1.807) is 0 Å². The van der Waals surface area contributed by atoms with Gasteiger partial charge in [0.15, 0.2) is 0 Å². The predicted octanol–water partition coefficient (Wildman–Crippen LogP) is 4.91. The Morgan fingerprint density at radius 2 is 1.63 bits per heavy atom. The van der Waals surface area contributed by atoms with Gasteiger partial charge in [0.2, 0.25) is 5.91 Å². The minimum atomic E-state index is -3.75. The molecule has 0 aliphatic carbocycles. The van der Waals surface area contributed by atoms with Gasteiger partial charge in [-0.25, -0.2) is 0 Å². The van der Waals surface area contributed by atoms with Gasteiger partial charge in [-0.1, -0.05) is 75.4 Å². The topological polar surface area (TPSA) is 78.8 Å². The van der Waals surface area contributed by atoms with Crippen LogP contribution in [0.25, 0.3) is 4.91 Å². The molecule has 0 saturated carbocycles. The summed E-state index contributed by atoms with van der Waals surface area (Å²) in [6, 6.07) is 17.9. The summed E-state index contributed by atoms with van der Waals surface area (Å²) in [5, 5.41) is 3.10.